The maximum Gasteiger partial charge on any atom is 0.251 e. The Labute approximate surface area is 128 Å². The van der Waals surface area contributed by atoms with E-state index in [-0.39, 0.29) is 12.5 Å². The van der Waals surface area contributed by atoms with Crippen LogP contribution in [0.2, 0.25) is 0 Å². The van der Waals surface area contributed by atoms with Crippen LogP contribution in [0, 0.1) is 6.92 Å². The molecule has 2 rings (SSSR count). The second kappa shape index (κ2) is 7.42. The molecule has 0 aliphatic rings. The molecule has 116 valence electrons. The molecule has 6 heteroatoms. The van der Waals surface area contributed by atoms with Gasteiger partial charge in [-0.1, -0.05) is 12.1 Å². The summed E-state index contributed by atoms with van der Waals surface area (Å²) in [6, 6.07) is 11.0. The molecule has 0 spiro atoms. The van der Waals surface area contributed by atoms with Gasteiger partial charge in [-0.15, -0.1) is 0 Å². The van der Waals surface area contributed by atoms with Crippen molar-refractivity contribution in [3.8, 4) is 0 Å². The summed E-state index contributed by atoms with van der Waals surface area (Å²) in [5.74, 6) is 0.898. The van der Waals surface area contributed by atoms with Gasteiger partial charge in [0.2, 0.25) is 5.91 Å². The summed E-state index contributed by atoms with van der Waals surface area (Å²) in [6.45, 7) is 3.06. The quantitative estimate of drug-likeness (QED) is 0.713. The molecule has 2 aromatic rings. The van der Waals surface area contributed by atoms with Gasteiger partial charge in [-0.05, 0) is 36.8 Å². The van der Waals surface area contributed by atoms with Crippen LogP contribution in [0.5, 0.6) is 0 Å². The first-order valence-corrected chi connectivity index (χ1v) is 6.96. The molecular formula is C16H19N3O3. The zero-order valence-electron chi connectivity index (χ0n) is 12.4. The van der Waals surface area contributed by atoms with Gasteiger partial charge in [0.1, 0.15) is 11.5 Å². The lowest BCUT2D eigenvalue weighted by Crippen LogP contribution is -2.33. The van der Waals surface area contributed by atoms with Crippen molar-refractivity contribution < 1.29 is 14.0 Å². The van der Waals surface area contributed by atoms with Gasteiger partial charge in [-0.3, -0.25) is 9.59 Å². The number of furan rings is 1. The number of hydrogen-bond acceptors (Lipinski definition) is 4. The van der Waals surface area contributed by atoms with E-state index in [1.54, 1.807) is 12.1 Å². The number of benzene rings is 1. The van der Waals surface area contributed by atoms with Crippen LogP contribution in [0.3, 0.4) is 0 Å². The van der Waals surface area contributed by atoms with Crippen LogP contribution in [0.1, 0.15) is 27.4 Å². The Bertz CT molecular complexity index is 647. The molecule has 0 saturated heterocycles. The maximum absolute atomic E-state index is 11.7. The van der Waals surface area contributed by atoms with Crippen molar-refractivity contribution in [3.63, 3.8) is 0 Å². The second-order valence-corrected chi connectivity index (χ2v) is 4.96. The first-order valence-electron chi connectivity index (χ1n) is 6.96. The van der Waals surface area contributed by atoms with E-state index < -0.39 is 5.91 Å². The molecule has 0 unspecified atom stereocenters. The van der Waals surface area contributed by atoms with Gasteiger partial charge in [-0.25, -0.2) is 0 Å². The van der Waals surface area contributed by atoms with Gasteiger partial charge in [-0.2, -0.15) is 0 Å². The van der Waals surface area contributed by atoms with Crippen LogP contribution in [-0.2, 0) is 17.9 Å². The standard InChI is InChI=1S/C16H19N3O3/c1-11-2-7-14(22-11)9-18-8-12-3-5-13(6-4-12)16(21)19-10-15(17)20/h2-7,18H,8-10H2,1H3,(H2,17,20)(H,19,21). The van der Waals surface area contributed by atoms with Gasteiger partial charge >= 0.3 is 0 Å². The topological polar surface area (TPSA) is 97.4 Å². The molecule has 0 aliphatic carbocycles. The molecule has 22 heavy (non-hydrogen) atoms. The molecule has 0 bridgehead atoms. The third kappa shape index (κ3) is 4.75. The number of aryl methyl sites for hydroxylation is 1. The minimum absolute atomic E-state index is 0.162. The van der Waals surface area contributed by atoms with E-state index in [9.17, 15) is 9.59 Å². The van der Waals surface area contributed by atoms with Crippen LogP contribution < -0.4 is 16.4 Å². The molecule has 6 nitrogen and oxygen atoms in total. The summed E-state index contributed by atoms with van der Waals surface area (Å²) >= 11 is 0. The number of nitrogens with one attached hydrogen (secondary N) is 2. The highest BCUT2D eigenvalue weighted by Crippen LogP contribution is 2.07. The molecule has 2 amide bonds. The molecule has 0 saturated carbocycles. The van der Waals surface area contributed by atoms with Crippen molar-refractivity contribution in [2.45, 2.75) is 20.0 Å². The predicted molar refractivity (Wildman–Crippen MR) is 82.0 cm³/mol. The number of carbonyl (C=O) groups excluding carboxylic acids is 2. The van der Waals surface area contributed by atoms with E-state index in [4.69, 9.17) is 10.2 Å². The first kappa shape index (κ1) is 15.8. The smallest absolute Gasteiger partial charge is 0.251 e. The Kier molecular flexibility index (Phi) is 5.32. The second-order valence-electron chi connectivity index (χ2n) is 4.96. The fraction of sp³-hybridized carbons (Fsp3) is 0.250. The normalized spacial score (nSPS) is 10.4. The lowest BCUT2D eigenvalue weighted by molar-refractivity contribution is -0.117. The molecule has 0 fully saturated rings. The Morgan fingerprint density at radius 2 is 1.82 bits per heavy atom. The third-order valence-electron chi connectivity index (χ3n) is 3.06. The molecule has 1 aromatic carbocycles. The van der Waals surface area contributed by atoms with E-state index in [1.807, 2.05) is 31.2 Å². The third-order valence-corrected chi connectivity index (χ3v) is 3.06. The maximum atomic E-state index is 11.7. The van der Waals surface area contributed by atoms with Gasteiger partial charge in [0.25, 0.3) is 5.91 Å². The summed E-state index contributed by atoms with van der Waals surface area (Å²) in [5.41, 5.74) is 6.52. The number of nitrogens with two attached hydrogens (primary N) is 1. The Balaban J connectivity index is 1.81. The van der Waals surface area contributed by atoms with Crippen molar-refractivity contribution in [1.82, 2.24) is 10.6 Å². The summed E-state index contributed by atoms with van der Waals surface area (Å²) in [5, 5.41) is 5.71. The average Bonchev–Trinajstić information content (AvgIpc) is 2.91. The molecule has 0 atom stereocenters. The van der Waals surface area contributed by atoms with Crippen LogP contribution in [0.25, 0.3) is 0 Å². The van der Waals surface area contributed by atoms with Crippen molar-refractivity contribution >= 4 is 11.8 Å². The van der Waals surface area contributed by atoms with E-state index in [1.165, 1.54) is 0 Å². The van der Waals surface area contributed by atoms with Crippen LogP contribution >= 0.6 is 0 Å². The zero-order chi connectivity index (χ0) is 15.9. The lowest BCUT2D eigenvalue weighted by atomic mass is 10.1. The van der Waals surface area contributed by atoms with Gasteiger partial charge in [0.05, 0.1) is 13.1 Å². The van der Waals surface area contributed by atoms with Crippen LogP contribution in [0.4, 0.5) is 0 Å². The Morgan fingerprint density at radius 3 is 2.41 bits per heavy atom. The largest absolute Gasteiger partial charge is 0.465 e. The number of hydrogen-bond donors (Lipinski definition) is 3. The Hall–Kier alpha value is -2.60. The molecule has 0 aliphatic heterocycles. The fourth-order valence-electron chi connectivity index (χ4n) is 1.95. The average molecular weight is 301 g/mol. The minimum atomic E-state index is -0.567. The molecule has 1 heterocycles. The fourth-order valence-corrected chi connectivity index (χ4v) is 1.95. The highest BCUT2D eigenvalue weighted by Gasteiger charge is 2.06. The SMILES string of the molecule is Cc1ccc(CNCc2ccc(C(=O)NCC(N)=O)cc2)o1. The predicted octanol–water partition coefficient (Wildman–Crippen LogP) is 1.09. The van der Waals surface area contributed by atoms with Gasteiger partial charge < -0.3 is 20.8 Å². The van der Waals surface area contributed by atoms with E-state index in [0.717, 1.165) is 17.1 Å². The van der Waals surface area contributed by atoms with Crippen LogP contribution in [-0.4, -0.2) is 18.4 Å². The highest BCUT2D eigenvalue weighted by atomic mass is 16.3. The summed E-state index contributed by atoms with van der Waals surface area (Å²) < 4.78 is 5.47. The number of amides is 2. The highest BCUT2D eigenvalue weighted by molar-refractivity contribution is 5.96. The molecule has 1 aromatic heterocycles. The van der Waals surface area contributed by atoms with Crippen molar-refractivity contribution in [2.24, 2.45) is 5.73 Å². The first-order chi connectivity index (χ1) is 10.5. The van der Waals surface area contributed by atoms with E-state index in [2.05, 4.69) is 10.6 Å². The minimum Gasteiger partial charge on any atom is -0.465 e. The molecule has 0 radical (unpaired) electrons. The number of primary amides is 1. The monoisotopic (exact) mass is 301 g/mol. The summed E-state index contributed by atoms with van der Waals surface area (Å²) in [6.07, 6.45) is 0. The van der Waals surface area contributed by atoms with Crippen molar-refractivity contribution in [2.75, 3.05) is 6.54 Å². The van der Waals surface area contributed by atoms with Gasteiger partial charge in [0, 0.05) is 12.1 Å². The summed E-state index contributed by atoms with van der Waals surface area (Å²) in [4.78, 5) is 22.3. The molecule has 4 N–H and O–H groups in total. The van der Waals surface area contributed by atoms with Crippen molar-refractivity contribution in [1.29, 1.82) is 0 Å². The van der Waals surface area contributed by atoms with Gasteiger partial charge in [0.15, 0.2) is 0 Å². The lowest BCUT2D eigenvalue weighted by Gasteiger charge is -2.06. The summed E-state index contributed by atoms with van der Waals surface area (Å²) in [7, 11) is 0. The number of rotatable bonds is 7. The molecular weight excluding hydrogens is 282 g/mol. The number of carbonyl (C=O) groups is 2. The van der Waals surface area contributed by atoms with E-state index >= 15 is 0 Å². The zero-order valence-corrected chi connectivity index (χ0v) is 12.4. The Morgan fingerprint density at radius 1 is 1.09 bits per heavy atom. The van der Waals surface area contributed by atoms with Crippen molar-refractivity contribution in [3.05, 3.63) is 59.0 Å². The van der Waals surface area contributed by atoms with E-state index in [0.29, 0.717) is 18.7 Å². The van der Waals surface area contributed by atoms with Crippen LogP contribution in [0.15, 0.2) is 40.8 Å².